The molecule has 168 valence electrons. The number of rotatable bonds is 5. The highest BCUT2D eigenvalue weighted by Gasteiger charge is 2.31. The number of aliphatic carboxylic acids is 1. The lowest BCUT2D eigenvalue weighted by atomic mass is 9.96. The lowest BCUT2D eigenvalue weighted by Gasteiger charge is -2.13. The number of phenols is 1. The third-order valence-corrected chi connectivity index (χ3v) is 5.76. The van der Waals surface area contributed by atoms with Gasteiger partial charge in [-0.3, -0.25) is 19.0 Å². The van der Waals surface area contributed by atoms with Gasteiger partial charge in [0, 0.05) is 22.7 Å². The van der Waals surface area contributed by atoms with E-state index in [1.165, 1.54) is 32.0 Å². The van der Waals surface area contributed by atoms with Crippen molar-refractivity contribution in [1.29, 1.82) is 0 Å². The molecule has 11 heteroatoms. The number of phenolic OH excluding ortho intramolecular Hbond substituents is 1. The summed E-state index contributed by atoms with van der Waals surface area (Å²) < 4.78 is 30.1. The van der Waals surface area contributed by atoms with Crippen molar-refractivity contribution >= 4 is 51.9 Å². The van der Waals surface area contributed by atoms with Gasteiger partial charge in [0.1, 0.15) is 6.54 Å². The van der Waals surface area contributed by atoms with Crippen LogP contribution >= 0.6 is 23.2 Å². The molecule has 1 heterocycles. The quantitative estimate of drug-likeness (QED) is 0.501. The molecule has 32 heavy (non-hydrogen) atoms. The Morgan fingerprint density at radius 3 is 2.41 bits per heavy atom. The van der Waals surface area contributed by atoms with E-state index in [1.807, 2.05) is 0 Å². The molecule has 3 aromatic rings. The fraction of sp³-hybridized carbons (Fsp3) is 0.190. The zero-order valence-corrected chi connectivity index (χ0v) is 18.2. The maximum Gasteiger partial charge on any atom is 0.322 e. The summed E-state index contributed by atoms with van der Waals surface area (Å²) in [5.41, 5.74) is -0.0795. The molecule has 0 fully saturated rings. The largest absolute Gasteiger partial charge is 0.503 e. The van der Waals surface area contributed by atoms with E-state index >= 15 is 0 Å². The van der Waals surface area contributed by atoms with Crippen molar-refractivity contribution in [2.24, 2.45) is 0 Å². The van der Waals surface area contributed by atoms with Gasteiger partial charge in [-0.15, -0.1) is 0 Å². The summed E-state index contributed by atoms with van der Waals surface area (Å²) in [4.78, 5) is 36.5. The van der Waals surface area contributed by atoms with Crippen LogP contribution in [0, 0.1) is 18.6 Å². The summed E-state index contributed by atoms with van der Waals surface area (Å²) in [6.07, 6.45) is 0. The number of fused-ring (bicyclic) bond motifs is 1. The molecule has 2 aromatic carbocycles. The normalized spacial score (nSPS) is 12.1. The molecule has 1 amide bonds. The minimum absolute atomic E-state index is 0.0101. The average molecular weight is 485 g/mol. The topological polar surface area (TPSA) is 109 Å². The number of aromatic hydroxyl groups is 1. The number of amides is 1. The van der Waals surface area contributed by atoms with Gasteiger partial charge in [-0.1, -0.05) is 23.2 Å². The SMILES string of the molecule is Cc1c([C@@H](C)C(=O)NCC(=O)O)c2c(F)c(O)c(F)cc2n1C(=O)c1ccc(Cl)c(Cl)c1. The fourth-order valence-electron chi connectivity index (χ4n) is 3.51. The van der Waals surface area contributed by atoms with Crippen molar-refractivity contribution in [1.82, 2.24) is 9.88 Å². The molecule has 0 aliphatic rings. The third-order valence-electron chi connectivity index (χ3n) is 5.02. The van der Waals surface area contributed by atoms with Gasteiger partial charge in [-0.25, -0.2) is 8.78 Å². The van der Waals surface area contributed by atoms with Crippen LogP contribution in [0.2, 0.25) is 10.0 Å². The lowest BCUT2D eigenvalue weighted by molar-refractivity contribution is -0.138. The number of carbonyl (C=O) groups is 3. The summed E-state index contributed by atoms with van der Waals surface area (Å²) in [7, 11) is 0. The highest BCUT2D eigenvalue weighted by atomic mass is 35.5. The summed E-state index contributed by atoms with van der Waals surface area (Å²) >= 11 is 11.9. The van der Waals surface area contributed by atoms with Gasteiger partial charge in [0.25, 0.3) is 5.91 Å². The first-order valence-corrected chi connectivity index (χ1v) is 9.92. The second kappa shape index (κ2) is 8.76. The number of carbonyl (C=O) groups excluding carboxylic acids is 2. The molecule has 3 rings (SSSR count). The zero-order valence-electron chi connectivity index (χ0n) is 16.7. The van der Waals surface area contributed by atoms with Crippen LogP contribution in [-0.2, 0) is 9.59 Å². The number of nitrogens with one attached hydrogen (secondary N) is 1. The minimum Gasteiger partial charge on any atom is -0.503 e. The van der Waals surface area contributed by atoms with Gasteiger partial charge in [0.15, 0.2) is 17.4 Å². The van der Waals surface area contributed by atoms with Gasteiger partial charge < -0.3 is 15.5 Å². The van der Waals surface area contributed by atoms with Crippen LogP contribution in [0.25, 0.3) is 10.9 Å². The van der Waals surface area contributed by atoms with E-state index in [0.717, 1.165) is 10.6 Å². The lowest BCUT2D eigenvalue weighted by Crippen LogP contribution is -2.32. The predicted octanol–water partition coefficient (Wildman–Crippen LogP) is 4.23. The molecule has 1 atom stereocenters. The maximum atomic E-state index is 15.0. The Labute approximate surface area is 190 Å². The molecule has 0 aliphatic heterocycles. The van der Waals surface area contributed by atoms with Crippen molar-refractivity contribution < 1.29 is 33.4 Å². The Balaban J connectivity index is 2.27. The molecule has 0 bridgehead atoms. The molecule has 0 saturated carbocycles. The second-order valence-corrected chi connectivity index (χ2v) is 7.83. The molecule has 0 saturated heterocycles. The third kappa shape index (κ3) is 4.01. The summed E-state index contributed by atoms with van der Waals surface area (Å²) in [6, 6.07) is 4.82. The molecule has 3 N–H and O–H groups in total. The van der Waals surface area contributed by atoms with E-state index in [-0.39, 0.29) is 37.8 Å². The highest BCUT2D eigenvalue weighted by molar-refractivity contribution is 6.42. The maximum absolute atomic E-state index is 15.0. The number of halogens is 4. The Morgan fingerprint density at radius 1 is 1.16 bits per heavy atom. The van der Waals surface area contributed by atoms with Crippen LogP contribution in [0.4, 0.5) is 8.78 Å². The molecule has 7 nitrogen and oxygen atoms in total. The van der Waals surface area contributed by atoms with Crippen molar-refractivity contribution in [2.75, 3.05) is 6.54 Å². The van der Waals surface area contributed by atoms with E-state index < -0.39 is 47.6 Å². The van der Waals surface area contributed by atoms with Crippen LogP contribution < -0.4 is 5.32 Å². The van der Waals surface area contributed by atoms with Crippen molar-refractivity contribution in [3.05, 3.63) is 62.8 Å². The van der Waals surface area contributed by atoms with E-state index in [1.54, 1.807) is 0 Å². The first-order chi connectivity index (χ1) is 15.0. The van der Waals surface area contributed by atoms with Crippen LogP contribution in [0.1, 0.15) is 34.5 Å². The summed E-state index contributed by atoms with van der Waals surface area (Å²) in [5, 5.41) is 20.7. The Morgan fingerprint density at radius 2 is 1.81 bits per heavy atom. The van der Waals surface area contributed by atoms with Gasteiger partial charge in [-0.05, 0) is 37.6 Å². The molecular weight excluding hydrogens is 469 g/mol. The zero-order chi connectivity index (χ0) is 23.9. The monoisotopic (exact) mass is 484 g/mol. The van der Waals surface area contributed by atoms with Crippen LogP contribution in [0.15, 0.2) is 24.3 Å². The summed E-state index contributed by atoms with van der Waals surface area (Å²) in [6.45, 7) is 2.11. The van der Waals surface area contributed by atoms with Crippen molar-refractivity contribution in [3.8, 4) is 5.75 Å². The van der Waals surface area contributed by atoms with Crippen LogP contribution in [0.5, 0.6) is 5.75 Å². The van der Waals surface area contributed by atoms with Gasteiger partial charge in [0.2, 0.25) is 5.91 Å². The summed E-state index contributed by atoms with van der Waals surface area (Å²) in [5.74, 6) is -7.82. The number of carboxylic acid groups (broad SMARTS) is 1. The minimum atomic E-state index is -1.35. The number of hydrogen-bond donors (Lipinski definition) is 3. The van der Waals surface area contributed by atoms with E-state index in [0.29, 0.717) is 0 Å². The first-order valence-electron chi connectivity index (χ1n) is 9.16. The van der Waals surface area contributed by atoms with E-state index in [2.05, 4.69) is 5.32 Å². The van der Waals surface area contributed by atoms with Gasteiger partial charge >= 0.3 is 5.97 Å². The second-order valence-electron chi connectivity index (χ2n) is 7.02. The molecule has 0 radical (unpaired) electrons. The Kier molecular flexibility index (Phi) is 6.43. The predicted molar refractivity (Wildman–Crippen MR) is 114 cm³/mol. The fourth-order valence-corrected chi connectivity index (χ4v) is 3.81. The van der Waals surface area contributed by atoms with Gasteiger partial charge in [-0.2, -0.15) is 0 Å². The Bertz CT molecular complexity index is 1290. The molecular formula is C21H16Cl2F2N2O5. The van der Waals surface area contributed by atoms with Crippen LogP contribution in [-0.4, -0.2) is 39.1 Å². The highest BCUT2D eigenvalue weighted by Crippen LogP contribution is 2.38. The number of aromatic nitrogens is 1. The molecule has 0 aliphatic carbocycles. The van der Waals surface area contributed by atoms with Crippen molar-refractivity contribution in [3.63, 3.8) is 0 Å². The van der Waals surface area contributed by atoms with E-state index in [4.69, 9.17) is 28.3 Å². The standard InChI is InChI=1S/C21H16Cl2F2N2O5/c1-8(20(31)26-7-15(28)29)16-9(2)27(14-6-13(24)19(30)18(25)17(14)16)21(32)10-3-4-11(22)12(23)5-10/h3-6,8,30H,7H2,1-2H3,(H,26,31)(H,28,29)/t8-/m1/s1. The molecule has 0 unspecified atom stereocenters. The van der Waals surface area contributed by atoms with Crippen LogP contribution in [0.3, 0.4) is 0 Å². The number of benzene rings is 2. The smallest absolute Gasteiger partial charge is 0.322 e. The number of nitrogens with zero attached hydrogens (tertiary/aromatic N) is 1. The van der Waals surface area contributed by atoms with Crippen molar-refractivity contribution in [2.45, 2.75) is 19.8 Å². The number of hydrogen-bond acceptors (Lipinski definition) is 4. The molecule has 0 spiro atoms. The number of carboxylic acids is 1. The molecule has 1 aromatic heterocycles. The van der Waals surface area contributed by atoms with Gasteiger partial charge in [0.05, 0.1) is 21.5 Å². The Hall–Kier alpha value is -3.17. The van der Waals surface area contributed by atoms with E-state index in [9.17, 15) is 28.3 Å². The first kappa shape index (κ1) is 23.5. The average Bonchev–Trinajstić information content (AvgIpc) is 3.02.